The molecule has 0 radical (unpaired) electrons. The van der Waals surface area contributed by atoms with Crippen LogP contribution in [-0.4, -0.2) is 28.9 Å². The largest absolute Gasteiger partial charge is 1.00 e. The number of carboxylic acids is 1. The Kier molecular flexibility index (Phi) is 9.06. The van der Waals surface area contributed by atoms with Crippen LogP contribution in [0.4, 0.5) is 0 Å². The quantitative estimate of drug-likeness (QED) is 0.378. The van der Waals surface area contributed by atoms with E-state index in [2.05, 4.69) is 0 Å². The normalized spacial score (nSPS) is 11.8. The Morgan fingerprint density at radius 1 is 1.75 bits per heavy atom. The van der Waals surface area contributed by atoms with E-state index in [0.717, 1.165) is 0 Å². The number of aliphatic carboxylic acids is 1. The zero-order chi connectivity index (χ0) is 5.86. The van der Waals surface area contributed by atoms with Crippen molar-refractivity contribution in [2.24, 2.45) is 0 Å². The topological polar surface area (TPSA) is 80.6 Å². The van der Waals surface area contributed by atoms with Crippen molar-refractivity contribution in [2.45, 2.75) is 6.10 Å². The second-order valence-corrected chi connectivity index (χ2v) is 1.02. The van der Waals surface area contributed by atoms with Gasteiger partial charge < -0.3 is 20.1 Å². The van der Waals surface area contributed by atoms with Crippen LogP contribution in [0.5, 0.6) is 0 Å². The number of carbonyl (C=O) groups excluding carboxylic acids is 1. The van der Waals surface area contributed by atoms with E-state index in [0.29, 0.717) is 0 Å². The van der Waals surface area contributed by atoms with Gasteiger partial charge >= 0.3 is 51.4 Å². The molecule has 0 saturated carbocycles. The zero-order valence-corrected chi connectivity index (χ0v) is 7.62. The molecule has 0 spiro atoms. The summed E-state index contributed by atoms with van der Waals surface area (Å²) in [4.78, 5) is 9.41. The number of carbonyl (C=O) groups is 1. The maximum Gasteiger partial charge on any atom is 1.00 e. The second kappa shape index (κ2) is 6.15. The number of aliphatic hydroxyl groups is 2. The molecule has 8 heavy (non-hydrogen) atoms. The van der Waals surface area contributed by atoms with Gasteiger partial charge in [-0.05, 0) is 0 Å². The molecule has 0 aromatic heterocycles. The van der Waals surface area contributed by atoms with E-state index in [1.54, 1.807) is 0 Å². The number of carboxylic acid groups (broad SMARTS) is 1. The van der Waals surface area contributed by atoms with Crippen molar-refractivity contribution >= 4 is 5.97 Å². The molecule has 0 aromatic rings. The number of rotatable bonds is 2. The van der Waals surface area contributed by atoms with Crippen molar-refractivity contribution in [1.29, 1.82) is 0 Å². The van der Waals surface area contributed by atoms with Crippen LogP contribution in [0.25, 0.3) is 0 Å². The Balaban J connectivity index is 0. The molecule has 5 heteroatoms. The first-order chi connectivity index (χ1) is 3.18. The minimum Gasteiger partial charge on any atom is -0.547 e. The van der Waals surface area contributed by atoms with E-state index in [1.807, 2.05) is 0 Å². The minimum absolute atomic E-state index is 0. The van der Waals surface area contributed by atoms with Gasteiger partial charge in [-0.15, -0.1) is 0 Å². The van der Waals surface area contributed by atoms with Crippen LogP contribution in [0.1, 0.15) is 0 Å². The summed E-state index contributed by atoms with van der Waals surface area (Å²) < 4.78 is 0. The summed E-state index contributed by atoms with van der Waals surface area (Å²) in [5.74, 6) is -1.65. The fourth-order valence-electron chi connectivity index (χ4n) is 0.0745. The Bertz CT molecular complexity index is 73.7. The van der Waals surface area contributed by atoms with Crippen LogP contribution in [-0.2, 0) is 4.79 Å². The van der Waals surface area contributed by atoms with Crippen molar-refractivity contribution in [3.8, 4) is 0 Å². The van der Waals surface area contributed by atoms with E-state index in [4.69, 9.17) is 10.2 Å². The maximum absolute atomic E-state index is 9.41. The molecule has 1 atom stereocenters. The number of hydrogen-bond acceptors (Lipinski definition) is 4. The average molecular weight is 144 g/mol. The van der Waals surface area contributed by atoms with Crippen LogP contribution >= 0.6 is 0 Å². The smallest absolute Gasteiger partial charge is 0.547 e. The SMILES string of the molecule is O=C([O-])[C@H](O)CO.[K+]. The summed E-state index contributed by atoms with van der Waals surface area (Å²) in [6, 6.07) is 0. The van der Waals surface area contributed by atoms with E-state index in [1.165, 1.54) is 0 Å². The van der Waals surface area contributed by atoms with Crippen LogP contribution < -0.4 is 56.5 Å². The van der Waals surface area contributed by atoms with Crippen molar-refractivity contribution in [3.05, 3.63) is 0 Å². The van der Waals surface area contributed by atoms with E-state index < -0.39 is 18.7 Å². The van der Waals surface area contributed by atoms with Crippen molar-refractivity contribution in [2.75, 3.05) is 6.61 Å². The first-order valence-electron chi connectivity index (χ1n) is 1.68. The average Bonchev–Trinajstić information content (AvgIpc) is 1.65. The Hall–Kier alpha value is 1.03. The summed E-state index contributed by atoms with van der Waals surface area (Å²) in [7, 11) is 0. The molecule has 0 fully saturated rings. The summed E-state index contributed by atoms with van der Waals surface area (Å²) in [6.07, 6.45) is -1.74. The first kappa shape index (κ1) is 11.8. The van der Waals surface area contributed by atoms with Gasteiger partial charge in [0, 0.05) is 0 Å². The minimum atomic E-state index is -1.74. The molecule has 0 rings (SSSR count). The third-order valence-electron chi connectivity index (χ3n) is 0.445. The van der Waals surface area contributed by atoms with Gasteiger partial charge in [-0.1, -0.05) is 0 Å². The number of aliphatic hydroxyl groups excluding tert-OH is 2. The fourth-order valence-corrected chi connectivity index (χ4v) is 0.0745. The van der Waals surface area contributed by atoms with E-state index in [9.17, 15) is 9.90 Å². The number of hydrogen-bond donors (Lipinski definition) is 2. The van der Waals surface area contributed by atoms with E-state index in [-0.39, 0.29) is 51.4 Å². The molecule has 4 nitrogen and oxygen atoms in total. The molecule has 0 aliphatic rings. The van der Waals surface area contributed by atoms with Gasteiger partial charge in [-0.25, -0.2) is 0 Å². The molecule has 0 aliphatic heterocycles. The molecule has 0 heterocycles. The first-order valence-corrected chi connectivity index (χ1v) is 1.68. The van der Waals surface area contributed by atoms with Crippen LogP contribution in [0, 0.1) is 0 Å². The molecular weight excluding hydrogens is 139 g/mol. The van der Waals surface area contributed by atoms with E-state index >= 15 is 0 Å². The van der Waals surface area contributed by atoms with Gasteiger partial charge in [0.05, 0.1) is 12.6 Å². The standard InChI is InChI=1S/C3H6O4.K/c4-1-2(5)3(6)7;/h2,4-5H,1H2,(H,6,7);/q;+1/p-1/t2-;/m1./s1. The molecule has 0 aliphatic carbocycles. The van der Waals surface area contributed by atoms with Gasteiger partial charge in [-0.2, -0.15) is 0 Å². The van der Waals surface area contributed by atoms with Crippen LogP contribution in [0.3, 0.4) is 0 Å². The molecule has 2 N–H and O–H groups in total. The van der Waals surface area contributed by atoms with Gasteiger partial charge in [0.15, 0.2) is 0 Å². The van der Waals surface area contributed by atoms with Crippen LogP contribution in [0.15, 0.2) is 0 Å². The van der Waals surface area contributed by atoms with Crippen molar-refractivity contribution < 1.29 is 71.5 Å². The third kappa shape index (κ3) is 5.17. The van der Waals surface area contributed by atoms with Gasteiger partial charge in [0.25, 0.3) is 0 Å². The molecule has 0 aromatic carbocycles. The molecule has 0 amide bonds. The Morgan fingerprint density at radius 3 is 2.12 bits per heavy atom. The zero-order valence-electron chi connectivity index (χ0n) is 4.50. The predicted molar refractivity (Wildman–Crippen MR) is 18.1 cm³/mol. The Morgan fingerprint density at radius 2 is 2.12 bits per heavy atom. The third-order valence-corrected chi connectivity index (χ3v) is 0.445. The fraction of sp³-hybridized carbons (Fsp3) is 0.667. The molecule has 0 saturated heterocycles. The van der Waals surface area contributed by atoms with Gasteiger partial charge in [0.1, 0.15) is 6.10 Å². The summed E-state index contributed by atoms with van der Waals surface area (Å²) in [5, 5.41) is 25.3. The van der Waals surface area contributed by atoms with Gasteiger partial charge in [-0.3, -0.25) is 0 Å². The molecular formula is C3H5KO4. The Labute approximate surface area is 88.9 Å². The summed E-state index contributed by atoms with van der Waals surface area (Å²) >= 11 is 0. The van der Waals surface area contributed by atoms with Gasteiger partial charge in [0.2, 0.25) is 0 Å². The summed E-state index contributed by atoms with van der Waals surface area (Å²) in [6.45, 7) is -0.789. The van der Waals surface area contributed by atoms with Crippen molar-refractivity contribution in [1.82, 2.24) is 0 Å². The molecule has 0 unspecified atom stereocenters. The molecule has 42 valence electrons. The van der Waals surface area contributed by atoms with Crippen LogP contribution in [0.2, 0.25) is 0 Å². The van der Waals surface area contributed by atoms with Crippen molar-refractivity contribution in [3.63, 3.8) is 0 Å². The molecule has 0 bridgehead atoms. The second-order valence-electron chi connectivity index (χ2n) is 1.02. The monoisotopic (exact) mass is 144 g/mol. The predicted octanol–water partition coefficient (Wildman–Crippen LogP) is -5.91. The maximum atomic E-state index is 9.41. The summed E-state index contributed by atoms with van der Waals surface area (Å²) in [5.41, 5.74) is 0.